The molecule has 4 nitrogen and oxygen atoms in total. The Balaban J connectivity index is 3.20. The van der Waals surface area contributed by atoms with Crippen LogP contribution in [0, 0.1) is 22.7 Å². The van der Waals surface area contributed by atoms with Crippen molar-refractivity contribution in [1.82, 2.24) is 0 Å². The molecule has 0 aliphatic rings. The van der Waals surface area contributed by atoms with E-state index in [-0.39, 0.29) is 24.3 Å². The zero-order valence-corrected chi connectivity index (χ0v) is 7.36. The quantitative estimate of drug-likeness (QED) is 0.683. The van der Waals surface area contributed by atoms with Crippen LogP contribution in [0.2, 0.25) is 0 Å². The minimum absolute atomic E-state index is 0.0126. The fraction of sp³-hybridized carbons (Fsp3) is 0.200. The summed E-state index contributed by atoms with van der Waals surface area (Å²) in [7, 11) is 0. The van der Waals surface area contributed by atoms with Crippen molar-refractivity contribution in [3.05, 3.63) is 23.3 Å². The Kier molecular flexibility index (Phi) is 2.93. The number of phenolic OH excluding ortho intramolecular Hbond substituents is 2. The molecule has 70 valence electrons. The lowest BCUT2D eigenvalue weighted by atomic mass is 10.0. The highest BCUT2D eigenvalue weighted by Gasteiger charge is 2.08. The number of hydrogen-bond donors (Lipinski definition) is 2. The van der Waals surface area contributed by atoms with Crippen LogP contribution in [0.25, 0.3) is 0 Å². The lowest BCUT2D eigenvalue weighted by Crippen LogP contribution is -1.89. The van der Waals surface area contributed by atoms with E-state index in [4.69, 9.17) is 10.5 Å². The van der Waals surface area contributed by atoms with Gasteiger partial charge in [-0.2, -0.15) is 10.5 Å². The van der Waals surface area contributed by atoms with Gasteiger partial charge < -0.3 is 10.2 Å². The summed E-state index contributed by atoms with van der Waals surface area (Å²) in [5.74, 6) is -0.121. The molecule has 1 aromatic rings. The van der Waals surface area contributed by atoms with Crippen molar-refractivity contribution in [2.45, 2.75) is 12.8 Å². The maximum atomic E-state index is 9.56. The Labute approximate surface area is 81.3 Å². The first-order valence-corrected chi connectivity index (χ1v) is 3.96. The molecule has 0 spiro atoms. The molecule has 0 unspecified atom stereocenters. The summed E-state index contributed by atoms with van der Waals surface area (Å²) < 4.78 is 0. The van der Waals surface area contributed by atoms with Gasteiger partial charge in [0.15, 0.2) is 0 Å². The smallest absolute Gasteiger partial charge is 0.124 e. The third-order valence-corrected chi connectivity index (χ3v) is 1.79. The van der Waals surface area contributed by atoms with E-state index < -0.39 is 0 Å². The minimum atomic E-state index is -0.0779. The van der Waals surface area contributed by atoms with Crippen molar-refractivity contribution >= 4 is 0 Å². The van der Waals surface area contributed by atoms with Crippen LogP contribution < -0.4 is 0 Å². The van der Waals surface area contributed by atoms with Gasteiger partial charge in [0.2, 0.25) is 0 Å². The summed E-state index contributed by atoms with van der Waals surface area (Å²) in [5, 5.41) is 35.7. The minimum Gasteiger partial charge on any atom is -0.508 e. The largest absolute Gasteiger partial charge is 0.508 e. The molecule has 0 aliphatic carbocycles. The first kappa shape index (κ1) is 9.88. The molecule has 0 aromatic heterocycles. The van der Waals surface area contributed by atoms with E-state index >= 15 is 0 Å². The highest BCUT2D eigenvalue weighted by molar-refractivity contribution is 5.47. The molecule has 0 saturated carbocycles. The summed E-state index contributed by atoms with van der Waals surface area (Å²) in [5.41, 5.74) is 0.690. The average molecular weight is 188 g/mol. The van der Waals surface area contributed by atoms with E-state index in [1.807, 2.05) is 12.1 Å². The Morgan fingerprint density at radius 2 is 1.43 bits per heavy atom. The highest BCUT2D eigenvalue weighted by atomic mass is 16.3. The second-order valence-electron chi connectivity index (χ2n) is 2.78. The van der Waals surface area contributed by atoms with Gasteiger partial charge in [-0.1, -0.05) is 0 Å². The molecule has 0 amide bonds. The van der Waals surface area contributed by atoms with E-state index in [0.29, 0.717) is 11.1 Å². The molecule has 2 N–H and O–H groups in total. The van der Waals surface area contributed by atoms with Crippen molar-refractivity contribution in [1.29, 1.82) is 10.5 Å². The van der Waals surface area contributed by atoms with Crippen molar-refractivity contribution < 1.29 is 10.2 Å². The Hall–Kier alpha value is -2.20. The van der Waals surface area contributed by atoms with Crippen molar-refractivity contribution in [3.8, 4) is 23.6 Å². The average Bonchev–Trinajstić information content (AvgIpc) is 2.14. The molecule has 1 rings (SSSR count). The molecule has 0 bridgehead atoms. The maximum Gasteiger partial charge on any atom is 0.124 e. The lowest BCUT2D eigenvalue weighted by Gasteiger charge is -2.05. The summed E-state index contributed by atoms with van der Waals surface area (Å²) in [6, 6.07) is 6.37. The van der Waals surface area contributed by atoms with Gasteiger partial charge in [-0.15, -0.1) is 0 Å². The van der Waals surface area contributed by atoms with Crippen LogP contribution in [0.3, 0.4) is 0 Å². The molecule has 14 heavy (non-hydrogen) atoms. The second kappa shape index (κ2) is 4.15. The van der Waals surface area contributed by atoms with Crippen LogP contribution >= 0.6 is 0 Å². The molecule has 0 atom stereocenters. The van der Waals surface area contributed by atoms with Crippen molar-refractivity contribution in [2.75, 3.05) is 0 Å². The Morgan fingerprint density at radius 1 is 1.00 bits per heavy atom. The standard InChI is InChI=1S/C10H8N2O2/c11-3-1-7-5-9(13)6-8(2-4-12)10(7)14/h5-6,13-14H,1-2H2. The predicted octanol–water partition coefficient (Wildman–Crippen LogP) is 1.23. The molecule has 0 saturated heterocycles. The van der Waals surface area contributed by atoms with E-state index in [0.717, 1.165) is 0 Å². The van der Waals surface area contributed by atoms with Gasteiger partial charge in [0.05, 0.1) is 25.0 Å². The van der Waals surface area contributed by atoms with Crippen LogP contribution in [-0.2, 0) is 12.8 Å². The van der Waals surface area contributed by atoms with E-state index in [2.05, 4.69) is 0 Å². The van der Waals surface area contributed by atoms with Crippen molar-refractivity contribution in [3.63, 3.8) is 0 Å². The second-order valence-corrected chi connectivity index (χ2v) is 2.78. The topological polar surface area (TPSA) is 88.0 Å². The Morgan fingerprint density at radius 3 is 1.79 bits per heavy atom. The number of aromatic hydroxyl groups is 2. The summed E-state index contributed by atoms with van der Waals surface area (Å²) in [6.45, 7) is 0. The van der Waals surface area contributed by atoms with Crippen LogP contribution in [-0.4, -0.2) is 10.2 Å². The van der Waals surface area contributed by atoms with Gasteiger partial charge in [0, 0.05) is 11.1 Å². The van der Waals surface area contributed by atoms with Crippen LogP contribution in [0.15, 0.2) is 12.1 Å². The first-order chi connectivity index (χ1) is 6.69. The molecular formula is C10H8N2O2. The molecule has 0 radical (unpaired) electrons. The normalized spacial score (nSPS) is 9.00. The van der Waals surface area contributed by atoms with Gasteiger partial charge in [0.25, 0.3) is 0 Å². The fourth-order valence-corrected chi connectivity index (χ4v) is 1.18. The van der Waals surface area contributed by atoms with Gasteiger partial charge in [0.1, 0.15) is 11.5 Å². The first-order valence-electron chi connectivity index (χ1n) is 3.96. The number of nitriles is 2. The third-order valence-electron chi connectivity index (χ3n) is 1.79. The number of rotatable bonds is 2. The molecule has 0 heterocycles. The van der Waals surface area contributed by atoms with Gasteiger partial charge in [-0.25, -0.2) is 0 Å². The molecule has 0 fully saturated rings. The van der Waals surface area contributed by atoms with E-state index in [9.17, 15) is 10.2 Å². The summed E-state index contributed by atoms with van der Waals surface area (Å²) in [6.07, 6.45) is 0.0251. The van der Waals surface area contributed by atoms with Crippen LogP contribution in [0.1, 0.15) is 11.1 Å². The molecular weight excluding hydrogens is 180 g/mol. The van der Waals surface area contributed by atoms with Crippen LogP contribution in [0.4, 0.5) is 0 Å². The summed E-state index contributed by atoms with van der Waals surface area (Å²) in [4.78, 5) is 0. The van der Waals surface area contributed by atoms with Gasteiger partial charge in [-0.05, 0) is 12.1 Å². The van der Waals surface area contributed by atoms with E-state index in [1.165, 1.54) is 12.1 Å². The lowest BCUT2D eigenvalue weighted by molar-refractivity contribution is 0.451. The predicted molar refractivity (Wildman–Crippen MR) is 48.4 cm³/mol. The van der Waals surface area contributed by atoms with Gasteiger partial charge >= 0.3 is 0 Å². The monoisotopic (exact) mass is 188 g/mol. The number of benzene rings is 1. The van der Waals surface area contributed by atoms with Crippen molar-refractivity contribution in [2.24, 2.45) is 0 Å². The Bertz CT molecular complexity index is 390. The SMILES string of the molecule is N#CCc1cc(O)cc(CC#N)c1O. The highest BCUT2D eigenvalue weighted by Crippen LogP contribution is 2.28. The number of nitrogens with zero attached hydrogens (tertiary/aromatic N) is 2. The number of phenols is 2. The van der Waals surface area contributed by atoms with Gasteiger partial charge in [-0.3, -0.25) is 0 Å². The molecule has 0 aliphatic heterocycles. The van der Waals surface area contributed by atoms with Crippen LogP contribution in [0.5, 0.6) is 11.5 Å². The summed E-state index contributed by atoms with van der Waals surface area (Å²) >= 11 is 0. The third kappa shape index (κ3) is 1.94. The number of hydrogen-bond acceptors (Lipinski definition) is 4. The maximum absolute atomic E-state index is 9.56. The molecule has 4 heteroatoms. The zero-order valence-electron chi connectivity index (χ0n) is 7.36. The molecule has 1 aromatic carbocycles. The van der Waals surface area contributed by atoms with E-state index in [1.54, 1.807) is 0 Å². The fourth-order valence-electron chi connectivity index (χ4n) is 1.18. The zero-order chi connectivity index (χ0) is 10.6.